The number of halogens is 1. The number of sulfonamides is 1. The summed E-state index contributed by atoms with van der Waals surface area (Å²) in [6.07, 6.45) is 5.38. The highest BCUT2D eigenvalue weighted by Crippen LogP contribution is 2.47. The molecule has 0 amide bonds. The van der Waals surface area contributed by atoms with Crippen LogP contribution in [0, 0.1) is 5.92 Å². The van der Waals surface area contributed by atoms with Gasteiger partial charge in [-0.25, -0.2) is 23.4 Å². The van der Waals surface area contributed by atoms with Gasteiger partial charge in [0.2, 0.25) is 16.0 Å². The van der Waals surface area contributed by atoms with Crippen molar-refractivity contribution in [3.05, 3.63) is 46.7 Å². The molecule has 2 aliphatic rings. The first-order chi connectivity index (χ1) is 14.4. The normalized spacial score (nSPS) is 21.1. The molecule has 2 N–H and O–H groups in total. The average Bonchev–Trinajstić information content (AvgIpc) is 3.46. The van der Waals surface area contributed by atoms with Gasteiger partial charge in [0.05, 0.1) is 22.7 Å². The maximum atomic E-state index is 11.7. The fourth-order valence-corrected chi connectivity index (χ4v) is 4.24. The zero-order valence-corrected chi connectivity index (χ0v) is 18.4. The lowest BCUT2D eigenvalue weighted by Crippen LogP contribution is -2.14. The third-order valence-electron chi connectivity index (χ3n) is 4.87. The van der Waals surface area contributed by atoms with Crippen LogP contribution in [-0.4, -0.2) is 37.1 Å². The zero-order chi connectivity index (χ0) is 21.3. The lowest BCUT2D eigenvalue weighted by molar-refractivity contribution is 0.185. The molecular formula is C20H24ClN5O3S. The van der Waals surface area contributed by atoms with E-state index in [0.717, 1.165) is 32.1 Å². The van der Waals surface area contributed by atoms with Crippen LogP contribution in [0.2, 0.25) is 5.02 Å². The van der Waals surface area contributed by atoms with Crippen LogP contribution >= 0.6 is 11.6 Å². The standard InChI is InChI=1S/C20H24ClN5O3S/c1-3-10-22-20-23-11-9-15(24-20)18-17(25-19(29-18)12-7-8-12)13-5-4-6-14(16(13)21)26-30(2,27)28/h4-6,9,11-12,17-18,26H,3,7-8,10H2,1-2H3,(H,22,23,24). The summed E-state index contributed by atoms with van der Waals surface area (Å²) in [6, 6.07) is 6.61. The topological polar surface area (TPSA) is 106 Å². The van der Waals surface area contributed by atoms with Gasteiger partial charge in [-0.3, -0.25) is 4.72 Å². The average molecular weight is 450 g/mol. The van der Waals surface area contributed by atoms with Gasteiger partial charge in [0.1, 0.15) is 6.04 Å². The molecule has 2 aromatic rings. The second-order valence-electron chi connectivity index (χ2n) is 7.54. The molecule has 2 atom stereocenters. The Morgan fingerprint density at radius 2 is 2.07 bits per heavy atom. The summed E-state index contributed by atoms with van der Waals surface area (Å²) in [5.74, 6) is 1.58. The quantitative estimate of drug-likeness (QED) is 0.632. The highest BCUT2D eigenvalue weighted by atomic mass is 35.5. The Hall–Kier alpha value is -2.39. The number of rotatable bonds is 8. The maximum Gasteiger partial charge on any atom is 0.229 e. The van der Waals surface area contributed by atoms with Crippen LogP contribution in [0.5, 0.6) is 0 Å². The Labute approximate surface area is 181 Å². The zero-order valence-electron chi connectivity index (χ0n) is 16.8. The third kappa shape index (κ3) is 4.67. The lowest BCUT2D eigenvalue weighted by atomic mass is 9.99. The van der Waals surface area contributed by atoms with E-state index >= 15 is 0 Å². The van der Waals surface area contributed by atoms with Gasteiger partial charge in [0, 0.05) is 24.2 Å². The molecule has 1 aliphatic carbocycles. The summed E-state index contributed by atoms with van der Waals surface area (Å²) in [5, 5.41) is 3.49. The number of ether oxygens (including phenoxy) is 1. The molecule has 4 rings (SSSR count). The smallest absolute Gasteiger partial charge is 0.229 e. The third-order valence-corrected chi connectivity index (χ3v) is 5.88. The van der Waals surface area contributed by atoms with Crippen molar-refractivity contribution < 1.29 is 13.2 Å². The van der Waals surface area contributed by atoms with Gasteiger partial charge < -0.3 is 10.1 Å². The molecule has 0 spiro atoms. The number of anilines is 2. The van der Waals surface area contributed by atoms with Gasteiger partial charge in [0.15, 0.2) is 12.0 Å². The molecule has 2 heterocycles. The molecule has 0 radical (unpaired) electrons. The summed E-state index contributed by atoms with van der Waals surface area (Å²) in [7, 11) is -3.46. The molecule has 1 aromatic heterocycles. The predicted molar refractivity (Wildman–Crippen MR) is 117 cm³/mol. The van der Waals surface area contributed by atoms with E-state index in [4.69, 9.17) is 21.3 Å². The van der Waals surface area contributed by atoms with E-state index in [2.05, 4.69) is 26.9 Å². The van der Waals surface area contributed by atoms with Gasteiger partial charge in [-0.05, 0) is 31.4 Å². The summed E-state index contributed by atoms with van der Waals surface area (Å²) < 4.78 is 32.1. The molecule has 1 aliphatic heterocycles. The molecule has 0 bridgehead atoms. The van der Waals surface area contributed by atoms with Gasteiger partial charge in [-0.1, -0.05) is 30.7 Å². The molecule has 1 fully saturated rings. The van der Waals surface area contributed by atoms with Crippen LogP contribution in [-0.2, 0) is 14.8 Å². The number of aromatic nitrogens is 2. The Balaban J connectivity index is 1.70. The summed E-state index contributed by atoms with van der Waals surface area (Å²) in [6.45, 7) is 2.84. The van der Waals surface area contributed by atoms with E-state index in [-0.39, 0.29) is 0 Å². The van der Waals surface area contributed by atoms with Crippen molar-refractivity contribution in [2.75, 3.05) is 22.8 Å². The molecule has 30 heavy (non-hydrogen) atoms. The number of hydrogen-bond acceptors (Lipinski definition) is 7. The van der Waals surface area contributed by atoms with Crippen LogP contribution < -0.4 is 10.0 Å². The molecule has 10 heteroatoms. The summed E-state index contributed by atoms with van der Waals surface area (Å²) in [5.41, 5.74) is 1.71. The van der Waals surface area contributed by atoms with Gasteiger partial charge in [0.25, 0.3) is 0 Å². The number of benzene rings is 1. The van der Waals surface area contributed by atoms with Crippen molar-refractivity contribution >= 4 is 39.2 Å². The first kappa shape index (κ1) is 20.9. The highest BCUT2D eigenvalue weighted by Gasteiger charge is 2.42. The van der Waals surface area contributed by atoms with E-state index in [1.807, 2.05) is 12.1 Å². The number of nitrogens with one attached hydrogen (secondary N) is 2. The first-order valence-electron chi connectivity index (χ1n) is 9.93. The van der Waals surface area contributed by atoms with Crippen molar-refractivity contribution in [1.82, 2.24) is 9.97 Å². The SMILES string of the molecule is CCCNc1nccc(C2OC(C3CC3)=NC2c2cccc(NS(C)(=O)=O)c2Cl)n1. The fraction of sp³-hybridized carbons (Fsp3) is 0.450. The monoisotopic (exact) mass is 449 g/mol. The second-order valence-corrected chi connectivity index (χ2v) is 9.67. The molecule has 8 nitrogen and oxygen atoms in total. The van der Waals surface area contributed by atoms with Gasteiger partial charge in [-0.15, -0.1) is 0 Å². The molecule has 2 unspecified atom stereocenters. The van der Waals surface area contributed by atoms with E-state index < -0.39 is 22.2 Å². The number of hydrogen-bond donors (Lipinski definition) is 2. The van der Waals surface area contributed by atoms with Gasteiger partial charge in [-0.2, -0.15) is 0 Å². The Bertz CT molecular complexity index is 1070. The van der Waals surface area contributed by atoms with Crippen molar-refractivity contribution in [3.63, 3.8) is 0 Å². The van der Waals surface area contributed by atoms with Crippen LogP contribution in [0.1, 0.15) is 49.6 Å². The summed E-state index contributed by atoms with van der Waals surface area (Å²) >= 11 is 6.59. The van der Waals surface area contributed by atoms with Crippen molar-refractivity contribution in [1.29, 1.82) is 0 Å². The van der Waals surface area contributed by atoms with Crippen molar-refractivity contribution in [2.24, 2.45) is 10.9 Å². The van der Waals surface area contributed by atoms with Crippen LogP contribution in [0.25, 0.3) is 0 Å². The minimum atomic E-state index is -3.46. The second kappa shape index (κ2) is 8.39. The van der Waals surface area contributed by atoms with E-state index in [9.17, 15) is 8.42 Å². The lowest BCUT2D eigenvalue weighted by Gasteiger charge is -2.20. The Morgan fingerprint density at radius 3 is 2.77 bits per heavy atom. The van der Waals surface area contributed by atoms with E-state index in [1.165, 1.54) is 0 Å². The van der Waals surface area contributed by atoms with E-state index in [1.54, 1.807) is 18.3 Å². The maximum absolute atomic E-state index is 11.7. The Morgan fingerprint density at radius 1 is 1.27 bits per heavy atom. The molecule has 160 valence electrons. The minimum Gasteiger partial charge on any atom is -0.468 e. The van der Waals surface area contributed by atoms with Crippen LogP contribution in [0.15, 0.2) is 35.5 Å². The number of aliphatic imine (C=N–C) groups is 1. The largest absolute Gasteiger partial charge is 0.468 e. The fourth-order valence-electron chi connectivity index (χ4n) is 3.33. The molecule has 1 aromatic carbocycles. The van der Waals surface area contributed by atoms with Crippen molar-refractivity contribution in [3.8, 4) is 0 Å². The van der Waals surface area contributed by atoms with Crippen LogP contribution in [0.3, 0.4) is 0 Å². The van der Waals surface area contributed by atoms with Crippen molar-refractivity contribution in [2.45, 2.75) is 38.3 Å². The minimum absolute atomic E-state index is 0.306. The first-order valence-corrected chi connectivity index (χ1v) is 12.2. The molecule has 1 saturated carbocycles. The predicted octanol–water partition coefficient (Wildman–Crippen LogP) is 3.94. The van der Waals surface area contributed by atoms with E-state index in [0.29, 0.717) is 39.7 Å². The number of nitrogens with zero attached hydrogens (tertiary/aromatic N) is 3. The van der Waals surface area contributed by atoms with Crippen LogP contribution in [0.4, 0.5) is 11.6 Å². The molecular weight excluding hydrogens is 426 g/mol. The molecule has 0 saturated heterocycles. The summed E-state index contributed by atoms with van der Waals surface area (Å²) in [4.78, 5) is 13.7. The van der Waals surface area contributed by atoms with Gasteiger partial charge >= 0.3 is 0 Å². The Kier molecular flexibility index (Phi) is 5.84. The highest BCUT2D eigenvalue weighted by molar-refractivity contribution is 7.92.